The number of hydrogen-bond acceptors (Lipinski definition) is 3. The van der Waals surface area contributed by atoms with Gasteiger partial charge in [-0.05, 0) is 61.4 Å². The summed E-state index contributed by atoms with van der Waals surface area (Å²) < 4.78 is 19.3. The van der Waals surface area contributed by atoms with Gasteiger partial charge < -0.3 is 14.2 Å². The third-order valence-corrected chi connectivity index (χ3v) is 5.64. The van der Waals surface area contributed by atoms with E-state index in [1.54, 1.807) is 14.2 Å². The summed E-state index contributed by atoms with van der Waals surface area (Å²) in [5.41, 5.74) is 5.58. The maximum absolute atomic E-state index is 6.19. The van der Waals surface area contributed by atoms with Crippen LogP contribution in [-0.4, -0.2) is 37.6 Å². The third-order valence-electron chi connectivity index (χ3n) is 5.64. The van der Waals surface area contributed by atoms with Crippen LogP contribution in [0.5, 0.6) is 23.0 Å². The van der Waals surface area contributed by atoms with Crippen LogP contribution in [-0.2, 0) is 0 Å². The fraction of sp³-hybridized carbons (Fsp3) is 0.222. The van der Waals surface area contributed by atoms with Gasteiger partial charge >= 0.3 is 0 Å². The second-order valence-electron chi connectivity index (χ2n) is 7.34. The zero-order valence-corrected chi connectivity index (χ0v) is 18.5. The minimum absolute atomic E-state index is 0.764. The van der Waals surface area contributed by atoms with Gasteiger partial charge in [0, 0.05) is 35.4 Å². The molecular formula is C27H28NO3+. The average Bonchev–Trinajstić information content (AvgIpc) is 2.82. The van der Waals surface area contributed by atoms with E-state index in [0.29, 0.717) is 0 Å². The van der Waals surface area contributed by atoms with Gasteiger partial charge in [0.05, 0.1) is 14.2 Å². The molecule has 0 saturated carbocycles. The van der Waals surface area contributed by atoms with Gasteiger partial charge in [-0.25, -0.2) is 4.58 Å². The molecule has 0 atom stereocenters. The highest BCUT2D eigenvalue weighted by Crippen LogP contribution is 2.46. The Morgan fingerprint density at radius 3 is 1.81 bits per heavy atom. The molecular weight excluding hydrogens is 386 g/mol. The monoisotopic (exact) mass is 414 g/mol. The third kappa shape index (κ3) is 4.19. The number of nitrogens with zero attached hydrogens (tertiary/aromatic N) is 1. The SMILES string of the molecule is CC[N+](CC)=C1C=CC(=CC=C2c3ccc(OC)cc3Oc3cc(OC)ccc32)C=C1. The molecule has 0 unspecified atom stereocenters. The summed E-state index contributed by atoms with van der Waals surface area (Å²) in [6.45, 7) is 6.37. The van der Waals surface area contributed by atoms with E-state index in [1.807, 2.05) is 36.4 Å². The van der Waals surface area contributed by atoms with Gasteiger partial charge in [-0.3, -0.25) is 0 Å². The fourth-order valence-corrected chi connectivity index (χ4v) is 3.88. The van der Waals surface area contributed by atoms with E-state index >= 15 is 0 Å². The summed E-state index contributed by atoms with van der Waals surface area (Å²) in [6, 6.07) is 11.9. The average molecular weight is 415 g/mol. The Morgan fingerprint density at radius 2 is 1.32 bits per heavy atom. The van der Waals surface area contributed by atoms with Crippen LogP contribution in [0.1, 0.15) is 25.0 Å². The summed E-state index contributed by atoms with van der Waals surface area (Å²) in [6.07, 6.45) is 13.0. The molecule has 0 spiro atoms. The Balaban J connectivity index is 1.75. The van der Waals surface area contributed by atoms with E-state index in [2.05, 4.69) is 54.9 Å². The zero-order chi connectivity index (χ0) is 21.8. The molecule has 2 aliphatic rings. The van der Waals surface area contributed by atoms with Gasteiger partial charge in [0.15, 0.2) is 5.71 Å². The molecule has 1 aliphatic carbocycles. The van der Waals surface area contributed by atoms with Crippen LogP contribution in [0.2, 0.25) is 0 Å². The molecule has 1 aliphatic heterocycles. The molecule has 31 heavy (non-hydrogen) atoms. The van der Waals surface area contributed by atoms with Gasteiger partial charge in [0.25, 0.3) is 0 Å². The van der Waals surface area contributed by atoms with Crippen LogP contribution in [0.15, 0.2) is 78.4 Å². The summed E-state index contributed by atoms with van der Waals surface area (Å²) in [4.78, 5) is 0. The predicted molar refractivity (Wildman–Crippen MR) is 126 cm³/mol. The van der Waals surface area contributed by atoms with Crippen molar-refractivity contribution in [2.45, 2.75) is 13.8 Å². The van der Waals surface area contributed by atoms with Crippen molar-refractivity contribution in [2.75, 3.05) is 27.3 Å². The van der Waals surface area contributed by atoms with Crippen molar-refractivity contribution >= 4 is 11.3 Å². The molecule has 2 aromatic carbocycles. The maximum atomic E-state index is 6.19. The van der Waals surface area contributed by atoms with Gasteiger partial charge in [-0.2, -0.15) is 0 Å². The van der Waals surface area contributed by atoms with Crippen molar-refractivity contribution in [1.82, 2.24) is 0 Å². The lowest BCUT2D eigenvalue weighted by molar-refractivity contribution is -0.519. The fourth-order valence-electron chi connectivity index (χ4n) is 3.88. The highest BCUT2D eigenvalue weighted by Gasteiger charge is 2.23. The molecule has 0 radical (unpaired) electrons. The van der Waals surface area contributed by atoms with Crippen molar-refractivity contribution in [2.24, 2.45) is 0 Å². The number of methoxy groups -OCH3 is 2. The van der Waals surface area contributed by atoms with Crippen LogP contribution in [0.3, 0.4) is 0 Å². The van der Waals surface area contributed by atoms with E-state index in [1.165, 1.54) is 5.71 Å². The maximum Gasteiger partial charge on any atom is 0.199 e. The summed E-state index contributed by atoms with van der Waals surface area (Å²) in [5, 5.41) is 0. The largest absolute Gasteiger partial charge is 0.497 e. The Morgan fingerprint density at radius 1 is 0.774 bits per heavy atom. The van der Waals surface area contributed by atoms with Crippen LogP contribution >= 0.6 is 0 Å². The molecule has 0 fully saturated rings. The van der Waals surface area contributed by atoms with Crippen molar-refractivity contribution in [1.29, 1.82) is 0 Å². The van der Waals surface area contributed by atoms with E-state index in [0.717, 1.165) is 58.4 Å². The van der Waals surface area contributed by atoms with Crippen molar-refractivity contribution < 1.29 is 18.8 Å². The molecule has 1 heterocycles. The second kappa shape index (κ2) is 9.09. The molecule has 2 aromatic rings. The van der Waals surface area contributed by atoms with E-state index in [9.17, 15) is 0 Å². The van der Waals surface area contributed by atoms with Crippen LogP contribution in [0.4, 0.5) is 0 Å². The van der Waals surface area contributed by atoms with Gasteiger partial charge in [0.1, 0.15) is 36.1 Å². The summed E-state index contributed by atoms with van der Waals surface area (Å²) in [5.74, 6) is 3.08. The Bertz CT molecular complexity index is 1070. The lowest BCUT2D eigenvalue weighted by Crippen LogP contribution is -2.18. The van der Waals surface area contributed by atoms with Crippen molar-refractivity contribution in [3.63, 3.8) is 0 Å². The zero-order valence-electron chi connectivity index (χ0n) is 18.5. The first-order valence-corrected chi connectivity index (χ1v) is 10.6. The smallest absolute Gasteiger partial charge is 0.199 e. The topological polar surface area (TPSA) is 30.7 Å². The van der Waals surface area contributed by atoms with Crippen molar-refractivity contribution in [3.8, 4) is 23.0 Å². The summed E-state index contributed by atoms with van der Waals surface area (Å²) >= 11 is 0. The van der Waals surface area contributed by atoms with Crippen LogP contribution in [0.25, 0.3) is 5.57 Å². The first-order chi connectivity index (χ1) is 15.2. The molecule has 4 heteroatoms. The Labute approximate surface area is 184 Å². The number of ether oxygens (including phenoxy) is 3. The minimum atomic E-state index is 0.764. The molecule has 0 N–H and O–H groups in total. The standard InChI is InChI=1S/C27H28NO3/c1-5-28(6-2)20-10-7-19(8-11-20)9-14-23-24-15-12-21(29-3)17-26(24)31-27-18-22(30-4)13-16-25(23)27/h7-18H,5-6H2,1-4H3/q+1. The molecule has 0 amide bonds. The minimum Gasteiger partial charge on any atom is -0.497 e. The normalized spacial score (nSPS) is 13.9. The van der Waals surface area contributed by atoms with Gasteiger partial charge in [-0.1, -0.05) is 12.2 Å². The second-order valence-corrected chi connectivity index (χ2v) is 7.34. The van der Waals surface area contributed by atoms with Gasteiger partial charge in [0.2, 0.25) is 0 Å². The number of benzene rings is 2. The van der Waals surface area contributed by atoms with E-state index in [4.69, 9.17) is 14.2 Å². The molecule has 4 nitrogen and oxygen atoms in total. The molecule has 4 rings (SSSR count). The molecule has 0 aromatic heterocycles. The molecule has 0 saturated heterocycles. The Hall–Kier alpha value is -3.53. The highest BCUT2D eigenvalue weighted by atomic mass is 16.5. The first kappa shape index (κ1) is 20.7. The highest BCUT2D eigenvalue weighted by molar-refractivity contribution is 6.02. The lowest BCUT2D eigenvalue weighted by atomic mass is 9.92. The van der Waals surface area contributed by atoms with Crippen LogP contribution < -0.4 is 14.2 Å². The number of rotatable bonds is 5. The number of fused-ring (bicyclic) bond motifs is 2. The molecule has 0 bridgehead atoms. The predicted octanol–water partition coefficient (Wildman–Crippen LogP) is 5.79. The first-order valence-electron chi connectivity index (χ1n) is 10.6. The lowest BCUT2D eigenvalue weighted by Gasteiger charge is -2.23. The van der Waals surface area contributed by atoms with E-state index < -0.39 is 0 Å². The summed E-state index contributed by atoms with van der Waals surface area (Å²) in [7, 11) is 3.32. The number of hydrogen-bond donors (Lipinski definition) is 0. The molecule has 158 valence electrons. The quantitative estimate of drug-likeness (QED) is 0.495. The van der Waals surface area contributed by atoms with Crippen LogP contribution in [0, 0.1) is 0 Å². The van der Waals surface area contributed by atoms with Crippen molar-refractivity contribution in [3.05, 3.63) is 89.6 Å². The number of allylic oxidation sites excluding steroid dienone is 7. The van der Waals surface area contributed by atoms with E-state index in [-0.39, 0.29) is 0 Å². The Kier molecular flexibility index (Phi) is 6.08. The van der Waals surface area contributed by atoms with Gasteiger partial charge in [-0.15, -0.1) is 0 Å².